The van der Waals surface area contributed by atoms with Crippen LogP contribution in [0.5, 0.6) is 0 Å². The van der Waals surface area contributed by atoms with Crippen molar-refractivity contribution in [3.63, 3.8) is 0 Å². The van der Waals surface area contributed by atoms with Crippen LogP contribution in [0.15, 0.2) is 0 Å². The summed E-state index contributed by atoms with van der Waals surface area (Å²) in [6, 6.07) is 0. The van der Waals surface area contributed by atoms with E-state index in [0.29, 0.717) is 0 Å². The van der Waals surface area contributed by atoms with Gasteiger partial charge in [0.1, 0.15) is 0 Å². The Labute approximate surface area is 237 Å². The van der Waals surface area contributed by atoms with Crippen LogP contribution >= 0.6 is 0 Å². The number of aliphatic hydroxyl groups excluding tert-OH is 2. The Morgan fingerprint density at radius 1 is 0.471 bits per heavy atom. The maximum absolute atomic E-state index is 10.0. The van der Waals surface area contributed by atoms with Crippen molar-refractivity contribution in [1.29, 1.82) is 0 Å². The van der Waals surface area contributed by atoms with Gasteiger partial charge in [-0.15, -0.1) is 0 Å². The van der Waals surface area contributed by atoms with Crippen molar-refractivity contribution < 1.29 is 79.2 Å². The minimum atomic E-state index is -1.20. The first-order valence-corrected chi connectivity index (χ1v) is 8.97. The van der Waals surface area contributed by atoms with Crippen LogP contribution in [-0.2, 0) is 48.5 Å². The fourth-order valence-corrected chi connectivity index (χ4v) is 0. The van der Waals surface area contributed by atoms with Crippen LogP contribution in [0.1, 0.15) is 83.1 Å². The zero-order valence-electron chi connectivity index (χ0n) is 24.4. The molecule has 0 fully saturated rings. The Bertz CT molecular complexity index is 398. The van der Waals surface area contributed by atoms with Crippen molar-refractivity contribution in [2.24, 2.45) is 21.7 Å². The summed E-state index contributed by atoms with van der Waals surface area (Å²) >= 11 is 0. The summed E-state index contributed by atoms with van der Waals surface area (Å²) in [5, 5.41) is 50.3. The van der Waals surface area contributed by atoms with Gasteiger partial charge in [-0.3, -0.25) is 9.59 Å². The molecule has 0 aliphatic rings. The van der Waals surface area contributed by atoms with Gasteiger partial charge in [0.2, 0.25) is 0 Å². The van der Waals surface area contributed by atoms with Gasteiger partial charge in [0.05, 0.1) is 10.8 Å². The second-order valence-electron chi connectivity index (χ2n) is 10.6. The summed E-state index contributed by atoms with van der Waals surface area (Å²) in [6.07, 6.45) is -2.40. The van der Waals surface area contributed by atoms with E-state index in [2.05, 4.69) is 0 Å². The fraction of sp³-hybridized carbons (Fsp3) is 0.750. The van der Waals surface area contributed by atoms with Crippen molar-refractivity contribution in [1.82, 2.24) is 0 Å². The van der Waals surface area contributed by atoms with E-state index in [0.717, 1.165) is 0 Å². The van der Waals surface area contributed by atoms with E-state index in [1.807, 2.05) is 0 Å². The SMILES string of the molecule is CC(C)(C)C(=O)O.CC(C)(C)C(=O)O.CC(C)(C)C(O)O.CC(C)(C)C(O)O.[CH3-].[CH3-].[CH3-].[CH3-].[Ru+2].[Ru+2]. The molecule has 0 aromatic rings. The van der Waals surface area contributed by atoms with Crippen molar-refractivity contribution in [3.05, 3.63) is 29.7 Å². The van der Waals surface area contributed by atoms with Crippen molar-refractivity contribution in [3.8, 4) is 0 Å². The van der Waals surface area contributed by atoms with Crippen molar-refractivity contribution in [2.75, 3.05) is 0 Å². The molecule has 0 saturated heterocycles. The molecule has 0 radical (unpaired) electrons. The molecule has 34 heavy (non-hydrogen) atoms. The Kier molecular flexibility index (Phi) is 49.4. The van der Waals surface area contributed by atoms with Gasteiger partial charge in [-0.25, -0.2) is 0 Å². The van der Waals surface area contributed by atoms with E-state index in [4.69, 9.17) is 30.6 Å². The summed E-state index contributed by atoms with van der Waals surface area (Å²) in [7, 11) is 0. The van der Waals surface area contributed by atoms with Crippen LogP contribution in [0, 0.1) is 51.4 Å². The Morgan fingerprint density at radius 3 is 0.529 bits per heavy atom. The largest absolute Gasteiger partial charge is 2.00 e. The number of aliphatic carboxylic acids is 2. The molecule has 0 heterocycles. The Balaban J connectivity index is -0.0000000267. The number of aliphatic hydroxyl groups is 4. The molecular formula is C24H56O8Ru2. The molecule has 0 aromatic carbocycles. The first-order valence-electron chi connectivity index (χ1n) is 8.97. The number of carbonyl (C=O) groups is 2. The Hall–Kier alpha value is 0.0268. The molecule has 10 heteroatoms. The maximum Gasteiger partial charge on any atom is 2.00 e. The average Bonchev–Trinajstić information content (AvgIpc) is 2.35. The van der Waals surface area contributed by atoms with Crippen LogP contribution in [0.3, 0.4) is 0 Å². The molecule has 0 spiro atoms. The van der Waals surface area contributed by atoms with Crippen LogP contribution < -0.4 is 0 Å². The van der Waals surface area contributed by atoms with E-state index in [1.165, 1.54) is 0 Å². The van der Waals surface area contributed by atoms with E-state index >= 15 is 0 Å². The molecule has 0 rings (SSSR count). The third-order valence-electron chi connectivity index (χ3n) is 2.83. The van der Waals surface area contributed by atoms with E-state index in [9.17, 15) is 9.59 Å². The van der Waals surface area contributed by atoms with Gasteiger partial charge in [0.25, 0.3) is 0 Å². The van der Waals surface area contributed by atoms with E-state index in [1.54, 1.807) is 83.1 Å². The standard InChI is InChI=1S/2C5H12O2.2C5H10O2.4CH3.2Ru/c4*1-5(2,3)4(6)7;;;;;;/h2*4,6-7H,1-3H3;2*1-3H3,(H,6,7);4*1H3;;/q;;;;4*-1;2*+2. The van der Waals surface area contributed by atoms with Gasteiger partial charge in [-0.05, 0) is 41.5 Å². The van der Waals surface area contributed by atoms with Crippen LogP contribution in [0.25, 0.3) is 0 Å². The quantitative estimate of drug-likeness (QED) is 0.123. The first-order chi connectivity index (χ1) is 11.8. The zero-order chi connectivity index (χ0) is 24.3. The van der Waals surface area contributed by atoms with E-state index in [-0.39, 0.29) is 79.5 Å². The molecule has 8 nitrogen and oxygen atoms in total. The summed E-state index contributed by atoms with van der Waals surface area (Å²) in [5.74, 6) is -1.51. The average molecular weight is 675 g/mol. The normalized spacial score (nSPS) is 9.94. The minimum absolute atomic E-state index is 0. The van der Waals surface area contributed by atoms with Gasteiger partial charge in [0.15, 0.2) is 12.6 Å². The molecule has 0 amide bonds. The molecule has 0 unspecified atom stereocenters. The van der Waals surface area contributed by atoms with Crippen LogP contribution in [0.4, 0.5) is 0 Å². The molecule has 0 atom stereocenters. The summed E-state index contributed by atoms with van der Waals surface area (Å²) in [4.78, 5) is 20.0. The second-order valence-corrected chi connectivity index (χ2v) is 10.6. The molecule has 0 bridgehead atoms. The van der Waals surface area contributed by atoms with E-state index < -0.39 is 35.3 Å². The summed E-state index contributed by atoms with van der Waals surface area (Å²) in [6.45, 7) is 20.5. The molecule has 0 aliphatic heterocycles. The van der Waals surface area contributed by atoms with Gasteiger partial charge in [0, 0.05) is 10.8 Å². The third-order valence-corrected chi connectivity index (χ3v) is 2.83. The number of hydrogen-bond acceptors (Lipinski definition) is 6. The molecule has 6 N–H and O–H groups in total. The maximum atomic E-state index is 10.0. The van der Waals surface area contributed by atoms with Gasteiger partial charge in [-0.1, -0.05) is 41.5 Å². The van der Waals surface area contributed by atoms with Gasteiger partial charge < -0.3 is 60.3 Å². The topological polar surface area (TPSA) is 156 Å². The molecule has 0 aromatic heterocycles. The number of hydrogen-bond donors (Lipinski definition) is 6. The fourth-order valence-electron chi connectivity index (χ4n) is 0. The minimum Gasteiger partial charge on any atom is -0.481 e. The monoisotopic (exact) mass is 676 g/mol. The Morgan fingerprint density at radius 2 is 0.529 bits per heavy atom. The second kappa shape index (κ2) is 26.1. The predicted molar refractivity (Wildman–Crippen MR) is 135 cm³/mol. The van der Waals surface area contributed by atoms with Gasteiger partial charge in [-0.2, -0.15) is 0 Å². The van der Waals surface area contributed by atoms with Crippen molar-refractivity contribution in [2.45, 2.75) is 95.7 Å². The molecular weight excluding hydrogens is 618 g/mol. The number of rotatable bonds is 0. The number of carboxylic acid groups (broad SMARTS) is 2. The predicted octanol–water partition coefficient (Wildman–Crippen LogP) is 4.72. The van der Waals surface area contributed by atoms with Crippen molar-refractivity contribution >= 4 is 11.9 Å². The smallest absolute Gasteiger partial charge is 0.481 e. The van der Waals surface area contributed by atoms with Gasteiger partial charge >= 0.3 is 50.9 Å². The summed E-state index contributed by atoms with van der Waals surface area (Å²) < 4.78 is 0. The van der Waals surface area contributed by atoms with Crippen LogP contribution in [0.2, 0.25) is 0 Å². The zero-order valence-corrected chi connectivity index (χ0v) is 27.8. The van der Waals surface area contributed by atoms with Crippen LogP contribution in [-0.4, -0.2) is 55.2 Å². The number of carboxylic acids is 2. The first kappa shape index (κ1) is 64.3. The molecule has 0 saturated carbocycles. The molecule has 216 valence electrons. The summed E-state index contributed by atoms with van der Waals surface area (Å²) in [5.41, 5.74) is -1.94. The molecule has 0 aliphatic carbocycles. The third kappa shape index (κ3) is 53.4.